The molecule has 0 radical (unpaired) electrons. The highest BCUT2D eigenvalue weighted by atomic mass is 35.5. The van der Waals surface area contributed by atoms with Gasteiger partial charge in [0.2, 0.25) is 0 Å². The molecule has 1 aromatic carbocycles. The summed E-state index contributed by atoms with van der Waals surface area (Å²) in [5.41, 5.74) is 0.132. The summed E-state index contributed by atoms with van der Waals surface area (Å²) in [5, 5.41) is 28.3. The first-order valence-electron chi connectivity index (χ1n) is 4.31. The van der Waals surface area contributed by atoms with Crippen molar-refractivity contribution in [2.75, 3.05) is 5.88 Å². The maximum absolute atomic E-state index is 10.7. The normalized spacial score (nSPS) is 14.6. The summed E-state index contributed by atoms with van der Waals surface area (Å²) in [6.45, 7) is 0. The predicted molar refractivity (Wildman–Crippen MR) is 55.2 cm³/mol. The van der Waals surface area contributed by atoms with Crippen LogP contribution in [0.4, 0.5) is 0 Å². The molecule has 0 saturated carbocycles. The summed E-state index contributed by atoms with van der Waals surface area (Å²) in [6.07, 6.45) is -2.03. The van der Waals surface area contributed by atoms with Crippen LogP contribution in [0.15, 0.2) is 18.2 Å². The Bertz CT molecular complexity index is 353. The molecule has 1 rings (SSSR count). The first-order chi connectivity index (χ1) is 7.11. The molecule has 0 bridgehead atoms. The van der Waals surface area contributed by atoms with Crippen molar-refractivity contribution in [2.45, 2.75) is 12.2 Å². The average molecular weight is 231 g/mol. The molecule has 0 aliphatic carbocycles. The monoisotopic (exact) mass is 230 g/mol. The summed E-state index contributed by atoms with van der Waals surface area (Å²) in [5.74, 6) is -0.391. The molecule has 0 spiro atoms. The number of aldehydes is 1. The SMILES string of the molecule is O=Cc1c(O)cccc1C(O)C(O)CCl. The van der Waals surface area contributed by atoms with Crippen LogP contribution in [0.1, 0.15) is 22.0 Å². The first kappa shape index (κ1) is 12.0. The van der Waals surface area contributed by atoms with Crippen LogP contribution in [-0.2, 0) is 0 Å². The van der Waals surface area contributed by atoms with Crippen LogP contribution in [0.25, 0.3) is 0 Å². The first-order valence-corrected chi connectivity index (χ1v) is 4.84. The van der Waals surface area contributed by atoms with Crippen molar-refractivity contribution in [1.29, 1.82) is 0 Å². The van der Waals surface area contributed by atoms with Crippen LogP contribution in [0, 0.1) is 0 Å². The number of aliphatic hydroxyl groups is 2. The summed E-state index contributed by atoms with van der Waals surface area (Å²) >= 11 is 5.37. The number of alkyl halides is 1. The Balaban J connectivity index is 3.13. The second-order valence-electron chi connectivity index (χ2n) is 3.06. The van der Waals surface area contributed by atoms with E-state index in [0.717, 1.165) is 0 Å². The van der Waals surface area contributed by atoms with Crippen molar-refractivity contribution in [3.63, 3.8) is 0 Å². The molecule has 15 heavy (non-hydrogen) atoms. The van der Waals surface area contributed by atoms with E-state index < -0.39 is 12.2 Å². The second-order valence-corrected chi connectivity index (χ2v) is 3.37. The van der Waals surface area contributed by atoms with Crippen LogP contribution in [0.2, 0.25) is 0 Å². The van der Waals surface area contributed by atoms with Gasteiger partial charge in [-0.05, 0) is 11.6 Å². The minimum absolute atomic E-state index is 0.0332. The highest BCUT2D eigenvalue weighted by Crippen LogP contribution is 2.26. The standard InChI is InChI=1S/C10H11ClO4/c11-4-9(14)10(15)6-2-1-3-8(13)7(6)5-12/h1-3,5,9-10,13-15H,4H2. The number of carbonyl (C=O) groups excluding carboxylic acids is 1. The Kier molecular flexibility index (Phi) is 4.08. The average Bonchev–Trinajstić information content (AvgIpc) is 2.26. The lowest BCUT2D eigenvalue weighted by Crippen LogP contribution is -2.20. The lowest BCUT2D eigenvalue weighted by molar-refractivity contribution is 0.0322. The molecule has 0 aromatic heterocycles. The van der Waals surface area contributed by atoms with Crippen molar-refractivity contribution in [3.8, 4) is 5.75 Å². The van der Waals surface area contributed by atoms with Crippen molar-refractivity contribution in [1.82, 2.24) is 0 Å². The number of benzene rings is 1. The zero-order valence-corrected chi connectivity index (χ0v) is 8.55. The van der Waals surface area contributed by atoms with E-state index in [1.807, 2.05) is 0 Å². The van der Waals surface area contributed by atoms with E-state index in [1.165, 1.54) is 18.2 Å². The molecule has 0 heterocycles. The number of aliphatic hydroxyl groups excluding tert-OH is 2. The van der Waals surface area contributed by atoms with Gasteiger partial charge in [-0.1, -0.05) is 12.1 Å². The van der Waals surface area contributed by atoms with Gasteiger partial charge in [-0.25, -0.2) is 0 Å². The summed E-state index contributed by atoms with van der Waals surface area (Å²) in [6, 6.07) is 4.25. The van der Waals surface area contributed by atoms with Crippen molar-refractivity contribution in [3.05, 3.63) is 29.3 Å². The van der Waals surface area contributed by atoms with Crippen LogP contribution >= 0.6 is 11.6 Å². The van der Waals surface area contributed by atoms with Gasteiger partial charge in [0.15, 0.2) is 6.29 Å². The van der Waals surface area contributed by atoms with Gasteiger partial charge in [0.25, 0.3) is 0 Å². The Morgan fingerprint density at radius 1 is 1.40 bits per heavy atom. The van der Waals surface area contributed by atoms with E-state index in [0.29, 0.717) is 6.29 Å². The minimum atomic E-state index is -1.28. The molecule has 1 aromatic rings. The molecular formula is C10H11ClO4. The lowest BCUT2D eigenvalue weighted by Gasteiger charge is -2.17. The molecule has 3 N–H and O–H groups in total. The van der Waals surface area contributed by atoms with Gasteiger partial charge in [0, 0.05) is 0 Å². The van der Waals surface area contributed by atoms with Crippen LogP contribution in [0.3, 0.4) is 0 Å². The third kappa shape index (κ3) is 2.47. The van der Waals surface area contributed by atoms with E-state index in [9.17, 15) is 20.1 Å². The molecule has 0 aliphatic heterocycles. The minimum Gasteiger partial charge on any atom is -0.507 e. The Labute approximate surface area is 91.7 Å². The molecule has 4 nitrogen and oxygen atoms in total. The quantitative estimate of drug-likeness (QED) is 0.529. The number of phenols is 1. The number of halogens is 1. The molecule has 0 fully saturated rings. The maximum atomic E-state index is 10.7. The van der Waals surface area contributed by atoms with Gasteiger partial charge in [-0.3, -0.25) is 4.79 Å². The highest BCUT2D eigenvalue weighted by molar-refractivity contribution is 6.18. The Morgan fingerprint density at radius 2 is 2.07 bits per heavy atom. The number of phenolic OH excluding ortho intramolecular Hbond substituents is 1. The number of hydrogen-bond donors (Lipinski definition) is 3. The molecule has 2 unspecified atom stereocenters. The third-order valence-corrected chi connectivity index (χ3v) is 2.39. The molecule has 0 amide bonds. The fourth-order valence-corrected chi connectivity index (χ4v) is 1.42. The summed E-state index contributed by atoms with van der Waals surface area (Å²) in [7, 11) is 0. The Morgan fingerprint density at radius 3 is 2.60 bits per heavy atom. The molecule has 2 atom stereocenters. The van der Waals surface area contributed by atoms with Crippen molar-refractivity contribution < 1.29 is 20.1 Å². The molecule has 0 aliphatic rings. The number of carbonyl (C=O) groups is 1. The van der Waals surface area contributed by atoms with Gasteiger partial charge in [0.1, 0.15) is 11.9 Å². The van der Waals surface area contributed by atoms with Gasteiger partial charge >= 0.3 is 0 Å². The van der Waals surface area contributed by atoms with Gasteiger partial charge in [0.05, 0.1) is 17.5 Å². The molecular weight excluding hydrogens is 220 g/mol. The van der Waals surface area contributed by atoms with E-state index in [4.69, 9.17) is 11.6 Å². The zero-order chi connectivity index (χ0) is 11.4. The van der Waals surface area contributed by atoms with Gasteiger partial charge in [-0.2, -0.15) is 0 Å². The fraction of sp³-hybridized carbons (Fsp3) is 0.300. The van der Waals surface area contributed by atoms with Crippen LogP contribution < -0.4 is 0 Å². The molecule has 82 valence electrons. The van der Waals surface area contributed by atoms with E-state index in [-0.39, 0.29) is 22.8 Å². The predicted octanol–water partition coefficient (Wildman–Crippen LogP) is 0.838. The summed E-state index contributed by atoms with van der Waals surface area (Å²) < 4.78 is 0. The van der Waals surface area contributed by atoms with Gasteiger partial charge < -0.3 is 15.3 Å². The number of rotatable bonds is 4. The van der Waals surface area contributed by atoms with Gasteiger partial charge in [-0.15, -0.1) is 11.6 Å². The zero-order valence-electron chi connectivity index (χ0n) is 7.80. The van der Waals surface area contributed by atoms with Crippen LogP contribution in [0.5, 0.6) is 5.75 Å². The third-order valence-electron chi connectivity index (χ3n) is 2.08. The molecule has 0 saturated heterocycles. The summed E-state index contributed by atoms with van der Waals surface area (Å²) in [4.78, 5) is 10.7. The van der Waals surface area contributed by atoms with Crippen molar-refractivity contribution >= 4 is 17.9 Å². The van der Waals surface area contributed by atoms with Crippen molar-refractivity contribution in [2.24, 2.45) is 0 Å². The second kappa shape index (κ2) is 5.11. The Hall–Kier alpha value is -1.10. The lowest BCUT2D eigenvalue weighted by atomic mass is 9.99. The number of aromatic hydroxyl groups is 1. The largest absolute Gasteiger partial charge is 0.507 e. The van der Waals surface area contributed by atoms with E-state index in [2.05, 4.69) is 0 Å². The maximum Gasteiger partial charge on any atom is 0.154 e. The smallest absolute Gasteiger partial charge is 0.154 e. The topological polar surface area (TPSA) is 77.8 Å². The molecule has 5 heteroatoms. The number of hydrogen-bond acceptors (Lipinski definition) is 4. The highest BCUT2D eigenvalue weighted by Gasteiger charge is 2.21. The van der Waals surface area contributed by atoms with Crippen LogP contribution in [-0.4, -0.2) is 33.6 Å². The van der Waals surface area contributed by atoms with E-state index in [1.54, 1.807) is 0 Å². The fourth-order valence-electron chi connectivity index (χ4n) is 1.25. The van der Waals surface area contributed by atoms with E-state index >= 15 is 0 Å².